The Kier molecular flexibility index (Phi) is 6.31. The number of carboxylic acid groups (broad SMARTS) is 1. The van der Waals surface area contributed by atoms with Crippen molar-refractivity contribution in [3.8, 4) is 0 Å². The van der Waals surface area contributed by atoms with Gasteiger partial charge in [0, 0.05) is 31.9 Å². The molecule has 9 nitrogen and oxygen atoms in total. The maximum absolute atomic E-state index is 16.4. The van der Waals surface area contributed by atoms with Crippen molar-refractivity contribution in [1.29, 1.82) is 0 Å². The van der Waals surface area contributed by atoms with E-state index in [1.165, 1.54) is 12.3 Å². The van der Waals surface area contributed by atoms with Gasteiger partial charge in [-0.2, -0.15) is 0 Å². The Hall–Kier alpha value is -3.89. The molecule has 3 heterocycles. The van der Waals surface area contributed by atoms with Gasteiger partial charge in [0.1, 0.15) is 11.3 Å². The summed E-state index contributed by atoms with van der Waals surface area (Å²) in [6.07, 6.45) is 2.79. The van der Waals surface area contributed by atoms with Gasteiger partial charge < -0.3 is 23.4 Å². The van der Waals surface area contributed by atoms with E-state index in [4.69, 9.17) is 20.4 Å². The topological polar surface area (TPSA) is 109 Å². The van der Waals surface area contributed by atoms with Gasteiger partial charge in [-0.15, -0.1) is 0 Å². The number of aryl methyl sites for hydroxylation is 1. The Balaban J connectivity index is 1.43. The fraction of sp³-hybridized carbons (Fsp3) is 0.321. The molecule has 1 saturated carbocycles. The van der Waals surface area contributed by atoms with E-state index >= 15 is 4.39 Å². The molecule has 1 aliphatic carbocycles. The first-order chi connectivity index (χ1) is 18.7. The van der Waals surface area contributed by atoms with Crippen LogP contribution in [0.3, 0.4) is 0 Å². The van der Waals surface area contributed by atoms with Crippen LogP contribution in [0.15, 0.2) is 61.0 Å². The van der Waals surface area contributed by atoms with Gasteiger partial charge in [-0.1, -0.05) is 41.9 Å². The van der Waals surface area contributed by atoms with E-state index in [1.54, 1.807) is 11.5 Å². The van der Waals surface area contributed by atoms with Crippen molar-refractivity contribution in [2.45, 2.75) is 38.4 Å². The summed E-state index contributed by atoms with van der Waals surface area (Å²) in [6, 6.07) is 10.8. The molecule has 2 aromatic carbocycles. The molecule has 1 unspecified atom stereocenters. The summed E-state index contributed by atoms with van der Waals surface area (Å²) < 4.78 is 28.3. The number of carbonyl (C=O) groups is 1. The molecule has 2 aromatic heterocycles. The number of anilines is 1. The molecule has 0 radical (unpaired) electrons. The second-order valence-electron chi connectivity index (χ2n) is 10.0. The predicted octanol–water partition coefficient (Wildman–Crippen LogP) is 4.75. The molecule has 1 atom stereocenters. The maximum atomic E-state index is 16.4. The van der Waals surface area contributed by atoms with E-state index in [9.17, 15) is 19.5 Å². The number of benzene rings is 2. The minimum absolute atomic E-state index is 0.0407. The van der Waals surface area contributed by atoms with Crippen molar-refractivity contribution in [1.82, 2.24) is 9.47 Å². The molecule has 0 spiro atoms. The highest BCUT2D eigenvalue weighted by atomic mass is 35.5. The lowest BCUT2D eigenvalue weighted by atomic mass is 10.0. The Morgan fingerprint density at radius 3 is 2.54 bits per heavy atom. The highest BCUT2D eigenvalue weighted by molar-refractivity contribution is 6.34. The largest absolute Gasteiger partial charge is 0.519 e. The minimum Gasteiger partial charge on any atom is -0.477 e. The summed E-state index contributed by atoms with van der Waals surface area (Å²) in [5, 5.41) is 9.55. The zero-order valence-corrected chi connectivity index (χ0v) is 21.8. The van der Waals surface area contributed by atoms with Crippen LogP contribution in [0.1, 0.15) is 52.4 Å². The van der Waals surface area contributed by atoms with Gasteiger partial charge in [0.15, 0.2) is 11.6 Å². The van der Waals surface area contributed by atoms with Crippen LogP contribution in [0.25, 0.3) is 10.9 Å². The van der Waals surface area contributed by atoms with Gasteiger partial charge in [-0.05, 0) is 31.4 Å². The number of halogens is 2. The third-order valence-corrected chi connectivity index (χ3v) is 7.82. The molecule has 11 heteroatoms. The molecule has 0 amide bonds. The molecular formula is C28H25ClFN3O6. The second-order valence-corrected chi connectivity index (χ2v) is 10.4. The van der Waals surface area contributed by atoms with Gasteiger partial charge in [-0.25, -0.2) is 14.0 Å². The molecule has 1 N–H and O–H groups in total. The van der Waals surface area contributed by atoms with Crippen molar-refractivity contribution in [3.63, 3.8) is 0 Å². The van der Waals surface area contributed by atoms with Crippen LogP contribution in [0.5, 0.6) is 0 Å². The fourth-order valence-electron chi connectivity index (χ4n) is 5.42. The van der Waals surface area contributed by atoms with Crippen LogP contribution >= 0.6 is 11.6 Å². The molecule has 1 saturated heterocycles. The number of hydrogen-bond donors (Lipinski definition) is 1. The van der Waals surface area contributed by atoms with Gasteiger partial charge in [0.05, 0.1) is 34.2 Å². The fourth-order valence-corrected chi connectivity index (χ4v) is 5.73. The third-order valence-electron chi connectivity index (χ3n) is 7.53. The number of hydrogen-bond acceptors (Lipinski definition) is 7. The Bertz CT molecular complexity index is 1710. The average molecular weight is 554 g/mol. The molecule has 2 fully saturated rings. The molecule has 39 heavy (non-hydrogen) atoms. The molecular weight excluding hydrogens is 529 g/mol. The number of carboxylic acids is 1. The zero-order valence-electron chi connectivity index (χ0n) is 21.0. The number of aromatic nitrogens is 1. The zero-order chi connectivity index (χ0) is 27.4. The van der Waals surface area contributed by atoms with Crippen molar-refractivity contribution < 1.29 is 23.1 Å². The van der Waals surface area contributed by atoms with Gasteiger partial charge in [0.25, 0.3) is 0 Å². The lowest BCUT2D eigenvalue weighted by Crippen LogP contribution is -2.48. The SMILES string of the molecule is Cc1oc(=O)oc1CN1CCN(c2c(Cl)cc3c(=O)c(C(=O)O)cn(C4CC4)c3c2F)CC1c1ccccc1. The molecule has 1 aliphatic heterocycles. The van der Waals surface area contributed by atoms with E-state index in [2.05, 4.69) is 4.90 Å². The average Bonchev–Trinajstić information content (AvgIpc) is 3.70. The van der Waals surface area contributed by atoms with E-state index in [-0.39, 0.29) is 33.7 Å². The third kappa shape index (κ3) is 4.53. The van der Waals surface area contributed by atoms with E-state index in [0.717, 1.165) is 18.4 Å². The molecule has 2 aliphatic rings. The second kappa shape index (κ2) is 9.69. The van der Waals surface area contributed by atoms with Crippen molar-refractivity contribution in [2.75, 3.05) is 24.5 Å². The lowest BCUT2D eigenvalue weighted by Gasteiger charge is -2.42. The number of piperazine rings is 1. The normalized spacial score (nSPS) is 18.1. The predicted molar refractivity (Wildman–Crippen MR) is 142 cm³/mol. The van der Waals surface area contributed by atoms with E-state index in [0.29, 0.717) is 37.7 Å². The lowest BCUT2D eigenvalue weighted by molar-refractivity contribution is 0.0694. The first-order valence-corrected chi connectivity index (χ1v) is 13.0. The van der Waals surface area contributed by atoms with Crippen LogP contribution in [-0.2, 0) is 6.54 Å². The molecule has 4 aromatic rings. The van der Waals surface area contributed by atoms with Crippen molar-refractivity contribution in [2.24, 2.45) is 0 Å². The minimum atomic E-state index is -1.36. The highest BCUT2D eigenvalue weighted by Gasteiger charge is 2.34. The summed E-state index contributed by atoms with van der Waals surface area (Å²) in [5.41, 5.74) is 0.0697. The maximum Gasteiger partial charge on any atom is 0.519 e. The summed E-state index contributed by atoms with van der Waals surface area (Å²) in [6.45, 7) is 3.28. The smallest absolute Gasteiger partial charge is 0.477 e. The van der Waals surface area contributed by atoms with Crippen molar-refractivity contribution in [3.05, 3.63) is 96.9 Å². The Morgan fingerprint density at radius 1 is 1.15 bits per heavy atom. The molecule has 0 bridgehead atoms. The van der Waals surface area contributed by atoms with Crippen LogP contribution in [-0.4, -0.2) is 40.2 Å². The van der Waals surface area contributed by atoms with Crippen LogP contribution in [0.2, 0.25) is 5.02 Å². The van der Waals surface area contributed by atoms with E-state index in [1.807, 2.05) is 35.2 Å². The number of rotatable bonds is 6. The Labute approximate surface area is 226 Å². The quantitative estimate of drug-likeness (QED) is 0.364. The van der Waals surface area contributed by atoms with Crippen LogP contribution in [0, 0.1) is 12.7 Å². The Morgan fingerprint density at radius 2 is 1.90 bits per heavy atom. The van der Waals surface area contributed by atoms with E-state index < -0.39 is 28.6 Å². The summed E-state index contributed by atoms with van der Waals surface area (Å²) in [7, 11) is 0. The van der Waals surface area contributed by atoms with Gasteiger partial charge in [0.2, 0.25) is 5.43 Å². The molecule has 202 valence electrons. The standard InChI is InChI=1S/C28H25ClFN3O6/c1-15-22(39-28(37)38-15)14-31-9-10-32(13-21(31)16-5-3-2-4-6-16)25-20(29)11-18-24(23(25)30)33(17-7-8-17)12-19(26(18)34)27(35)36/h2-6,11-12,17,21H,7-10,13-14H2,1H3,(H,35,36). The summed E-state index contributed by atoms with van der Waals surface area (Å²) in [4.78, 5) is 40.3. The summed E-state index contributed by atoms with van der Waals surface area (Å²) in [5.74, 6) is -1.91. The first kappa shape index (κ1) is 25.4. The summed E-state index contributed by atoms with van der Waals surface area (Å²) >= 11 is 6.62. The monoisotopic (exact) mass is 553 g/mol. The van der Waals surface area contributed by atoms with Crippen LogP contribution in [0.4, 0.5) is 10.1 Å². The van der Waals surface area contributed by atoms with Gasteiger partial charge in [-0.3, -0.25) is 9.69 Å². The number of aromatic carboxylic acids is 1. The van der Waals surface area contributed by atoms with Crippen molar-refractivity contribution >= 4 is 34.2 Å². The highest BCUT2D eigenvalue weighted by Crippen LogP contribution is 2.42. The molecule has 6 rings (SSSR count). The van der Waals surface area contributed by atoms with Crippen LogP contribution < -0.4 is 16.2 Å². The number of nitrogens with zero attached hydrogens (tertiary/aromatic N) is 3. The van der Waals surface area contributed by atoms with Gasteiger partial charge >= 0.3 is 11.8 Å². The number of fused-ring (bicyclic) bond motifs is 1. The number of pyridine rings is 1. The first-order valence-electron chi connectivity index (χ1n) is 12.7.